The minimum Gasteiger partial charge on any atom is -0.463 e. The molecule has 0 bridgehead atoms. The highest BCUT2D eigenvalue weighted by Gasteiger charge is 2.55. The third kappa shape index (κ3) is 10.7. The zero-order chi connectivity index (χ0) is 33.3. The third-order valence-electron chi connectivity index (χ3n) is 5.89. The van der Waals surface area contributed by atoms with Crippen LogP contribution in [-0.2, 0) is 80.9 Å². The summed E-state index contributed by atoms with van der Waals surface area (Å²) < 4.78 is 53.7. The number of hydrogen-bond donors (Lipinski definition) is 1. The van der Waals surface area contributed by atoms with Crippen molar-refractivity contribution in [2.75, 3.05) is 13.2 Å². The maximum Gasteiger partial charge on any atom is 0.303 e. The largest absolute Gasteiger partial charge is 0.463 e. The molecule has 2 unspecified atom stereocenters. The Balaban J connectivity index is 2.48. The molecule has 2 heterocycles. The first-order valence-corrected chi connectivity index (χ1v) is 13.3. The van der Waals surface area contributed by atoms with Crippen LogP contribution in [0.15, 0.2) is 0 Å². The molecule has 1 N–H and O–H groups in total. The van der Waals surface area contributed by atoms with Crippen LogP contribution in [0.3, 0.4) is 0 Å². The maximum absolute atomic E-state index is 12.1. The monoisotopic (exact) mass is 636 g/mol. The predicted molar refractivity (Wildman–Crippen MR) is 135 cm³/mol. The molecule has 0 saturated carbocycles. The van der Waals surface area contributed by atoms with Gasteiger partial charge in [-0.3, -0.25) is 33.6 Å². The van der Waals surface area contributed by atoms with Gasteiger partial charge in [-0.15, -0.1) is 0 Å². The van der Waals surface area contributed by atoms with Gasteiger partial charge in [0.2, 0.25) is 0 Å². The van der Waals surface area contributed by atoms with E-state index in [2.05, 4.69) is 0 Å². The zero-order valence-corrected chi connectivity index (χ0v) is 25.1. The second kappa shape index (κ2) is 16.3. The highest BCUT2D eigenvalue weighted by atomic mass is 16.7. The Bertz CT molecular complexity index is 1090. The van der Waals surface area contributed by atoms with Crippen molar-refractivity contribution in [3.05, 3.63) is 0 Å². The molecule has 2 aliphatic heterocycles. The zero-order valence-electron chi connectivity index (χ0n) is 25.1. The van der Waals surface area contributed by atoms with Crippen LogP contribution in [0.25, 0.3) is 0 Å². The molecule has 0 radical (unpaired) electrons. The van der Waals surface area contributed by atoms with Gasteiger partial charge in [-0.2, -0.15) is 0 Å². The van der Waals surface area contributed by atoms with Crippen LogP contribution in [-0.4, -0.2) is 122 Å². The number of carbonyl (C=O) groups is 7. The van der Waals surface area contributed by atoms with Crippen molar-refractivity contribution < 1.29 is 86.0 Å². The molecule has 0 aliphatic carbocycles. The first kappa shape index (κ1) is 36.3. The molecule has 2 saturated heterocycles. The summed E-state index contributed by atoms with van der Waals surface area (Å²) in [5.41, 5.74) is 0. The smallest absolute Gasteiger partial charge is 0.303 e. The summed E-state index contributed by atoms with van der Waals surface area (Å²) in [7, 11) is 0. The van der Waals surface area contributed by atoms with Crippen molar-refractivity contribution in [3.63, 3.8) is 0 Å². The van der Waals surface area contributed by atoms with E-state index in [9.17, 15) is 38.7 Å². The molecule has 2 rings (SSSR count). The van der Waals surface area contributed by atoms with Crippen molar-refractivity contribution in [1.29, 1.82) is 0 Å². The van der Waals surface area contributed by atoms with Crippen LogP contribution in [0.1, 0.15) is 48.5 Å². The standard InChI is InChI=1S/C26H36O18/c1-10(27)35-8-18-20(38-12(3)29)22(40-14(5)31)24(42-16(7)33)26(44-18)36-9-17-19(37-11(2)28)21(39-13(4)30)23(25(34)43-17)41-15(6)32/h17-26,34H,8-9H2,1-7H3/t17?,18?,19-,20-,21-,22-,23-,24-,25+,26+/m0/s1. The van der Waals surface area contributed by atoms with E-state index in [1.54, 1.807) is 0 Å². The van der Waals surface area contributed by atoms with Gasteiger partial charge in [0.15, 0.2) is 49.2 Å². The molecule has 0 aromatic rings. The molecule has 0 aromatic heterocycles. The summed E-state index contributed by atoms with van der Waals surface area (Å²) in [5, 5.41) is 10.6. The lowest BCUT2D eigenvalue weighted by Gasteiger charge is -2.45. The summed E-state index contributed by atoms with van der Waals surface area (Å²) in [6.45, 7) is 6.15. The number of aliphatic hydroxyl groups is 1. The maximum atomic E-state index is 12.1. The Hall–Kier alpha value is -3.87. The molecule has 2 fully saturated rings. The van der Waals surface area contributed by atoms with Gasteiger partial charge in [0.05, 0.1) is 6.61 Å². The Morgan fingerprint density at radius 2 is 0.841 bits per heavy atom. The van der Waals surface area contributed by atoms with E-state index in [1.165, 1.54) is 0 Å². The minimum absolute atomic E-state index is 0.523. The van der Waals surface area contributed by atoms with Gasteiger partial charge >= 0.3 is 41.8 Å². The molecular formula is C26H36O18. The third-order valence-corrected chi connectivity index (χ3v) is 5.89. The Labute approximate surface area is 251 Å². The molecule has 18 nitrogen and oxygen atoms in total. The van der Waals surface area contributed by atoms with E-state index >= 15 is 0 Å². The van der Waals surface area contributed by atoms with E-state index in [0.717, 1.165) is 48.5 Å². The second-order valence-corrected chi connectivity index (χ2v) is 9.69. The fourth-order valence-corrected chi connectivity index (χ4v) is 4.52. The number of esters is 7. The van der Waals surface area contributed by atoms with E-state index in [1.807, 2.05) is 0 Å². The summed E-state index contributed by atoms with van der Waals surface area (Å²) in [5.74, 6) is -5.94. The van der Waals surface area contributed by atoms with Crippen LogP contribution in [0.2, 0.25) is 0 Å². The Kier molecular flexibility index (Phi) is 13.4. The van der Waals surface area contributed by atoms with Gasteiger partial charge in [-0.25, -0.2) is 0 Å². The average molecular weight is 637 g/mol. The van der Waals surface area contributed by atoms with Gasteiger partial charge < -0.3 is 52.5 Å². The molecule has 0 aromatic carbocycles. The van der Waals surface area contributed by atoms with Crippen molar-refractivity contribution in [2.45, 2.75) is 110 Å². The molecule has 0 spiro atoms. The highest BCUT2D eigenvalue weighted by Crippen LogP contribution is 2.32. The topological polar surface area (TPSA) is 232 Å². The molecule has 10 atom stereocenters. The summed E-state index contributed by atoms with van der Waals surface area (Å²) in [6, 6.07) is 0. The number of hydrogen-bond acceptors (Lipinski definition) is 18. The Morgan fingerprint density at radius 3 is 1.27 bits per heavy atom. The molecule has 2 aliphatic rings. The highest BCUT2D eigenvalue weighted by molar-refractivity contribution is 5.69. The SMILES string of the molecule is CC(=O)OCC1O[C@@H](OCC2O[C@@H](O)[C@@H](OC(C)=O)[C@@H](OC(C)=O)[C@H]2OC(C)=O)[C@@H](OC(C)=O)[C@@H](OC(C)=O)[C@H]1OC(C)=O. The summed E-state index contributed by atoms with van der Waals surface area (Å²) in [4.78, 5) is 83.0. The van der Waals surface area contributed by atoms with Crippen molar-refractivity contribution in [1.82, 2.24) is 0 Å². The summed E-state index contributed by atoms with van der Waals surface area (Å²) >= 11 is 0. The van der Waals surface area contributed by atoms with Crippen LogP contribution < -0.4 is 0 Å². The number of rotatable bonds is 11. The number of aliphatic hydroxyl groups excluding tert-OH is 1. The fourth-order valence-electron chi connectivity index (χ4n) is 4.52. The van der Waals surface area contributed by atoms with Crippen molar-refractivity contribution in [2.24, 2.45) is 0 Å². The predicted octanol–water partition coefficient (Wildman–Crippen LogP) is -1.40. The van der Waals surface area contributed by atoms with Gasteiger partial charge in [-0.1, -0.05) is 0 Å². The fraction of sp³-hybridized carbons (Fsp3) is 0.731. The van der Waals surface area contributed by atoms with Crippen molar-refractivity contribution >= 4 is 41.8 Å². The lowest BCUT2D eigenvalue weighted by molar-refractivity contribution is -0.330. The average Bonchev–Trinajstić information content (AvgIpc) is 2.87. The van der Waals surface area contributed by atoms with E-state index in [-0.39, 0.29) is 0 Å². The second-order valence-electron chi connectivity index (χ2n) is 9.69. The normalized spacial score (nSPS) is 31.5. The van der Waals surface area contributed by atoms with E-state index in [4.69, 9.17) is 47.4 Å². The first-order valence-electron chi connectivity index (χ1n) is 13.3. The van der Waals surface area contributed by atoms with Gasteiger partial charge in [0, 0.05) is 48.5 Å². The quantitative estimate of drug-likeness (QED) is 0.203. The first-order chi connectivity index (χ1) is 20.5. The molecule has 44 heavy (non-hydrogen) atoms. The van der Waals surface area contributed by atoms with Crippen LogP contribution in [0, 0.1) is 0 Å². The van der Waals surface area contributed by atoms with Gasteiger partial charge in [-0.05, 0) is 0 Å². The molecule has 248 valence electrons. The van der Waals surface area contributed by atoms with E-state index in [0.29, 0.717) is 0 Å². The summed E-state index contributed by atoms with van der Waals surface area (Å²) in [6.07, 6.45) is -15.6. The van der Waals surface area contributed by atoms with E-state index < -0.39 is 116 Å². The van der Waals surface area contributed by atoms with Crippen molar-refractivity contribution in [3.8, 4) is 0 Å². The minimum atomic E-state index is -1.90. The lowest BCUT2D eigenvalue weighted by Crippen LogP contribution is -2.64. The van der Waals surface area contributed by atoms with Gasteiger partial charge in [0.1, 0.15) is 18.8 Å². The molecular weight excluding hydrogens is 600 g/mol. The molecule has 18 heteroatoms. The van der Waals surface area contributed by atoms with Crippen LogP contribution >= 0.6 is 0 Å². The van der Waals surface area contributed by atoms with Crippen LogP contribution in [0.5, 0.6) is 0 Å². The van der Waals surface area contributed by atoms with Gasteiger partial charge in [0.25, 0.3) is 0 Å². The molecule has 0 amide bonds. The Morgan fingerprint density at radius 1 is 0.477 bits per heavy atom. The van der Waals surface area contributed by atoms with Crippen LogP contribution in [0.4, 0.5) is 0 Å². The number of ether oxygens (including phenoxy) is 10. The number of carbonyl (C=O) groups excluding carboxylic acids is 7. The lowest BCUT2D eigenvalue weighted by atomic mass is 9.97.